The summed E-state index contributed by atoms with van der Waals surface area (Å²) < 4.78 is 0. The number of benzene rings is 1. The molecule has 1 aromatic carbocycles. The van der Waals surface area contributed by atoms with E-state index in [1.807, 2.05) is 13.8 Å². The summed E-state index contributed by atoms with van der Waals surface area (Å²) in [7, 11) is 2.20. The van der Waals surface area contributed by atoms with Crippen LogP contribution in [0.4, 0.5) is 5.69 Å². The van der Waals surface area contributed by atoms with Crippen LogP contribution in [0.2, 0.25) is 0 Å². The molecule has 0 atom stereocenters. The normalized spacial score (nSPS) is 17.2. The van der Waals surface area contributed by atoms with Gasteiger partial charge in [0.25, 0.3) is 0 Å². The third-order valence-corrected chi connectivity index (χ3v) is 3.14. The van der Waals surface area contributed by atoms with Crippen LogP contribution < -0.4 is 5.32 Å². The largest absolute Gasteiger partial charge is 0.382 e. The summed E-state index contributed by atoms with van der Waals surface area (Å²) >= 11 is 0. The summed E-state index contributed by atoms with van der Waals surface area (Å²) in [6.45, 7) is 8.55. The fourth-order valence-corrected chi connectivity index (χ4v) is 2.04. The average Bonchev–Trinajstić information content (AvgIpc) is 2.37. The van der Waals surface area contributed by atoms with E-state index in [0.717, 1.165) is 0 Å². The van der Waals surface area contributed by atoms with Gasteiger partial charge in [0.15, 0.2) is 0 Å². The molecule has 1 saturated heterocycles. The molecule has 1 aliphatic rings. The SMILES string of the molecule is CC.Cc1ccc(NC2CCN(C)CC2)cc1. The fourth-order valence-electron chi connectivity index (χ4n) is 2.04. The highest BCUT2D eigenvalue weighted by Crippen LogP contribution is 2.16. The summed E-state index contributed by atoms with van der Waals surface area (Å²) in [6, 6.07) is 9.33. The van der Waals surface area contributed by atoms with Gasteiger partial charge in [0.2, 0.25) is 0 Å². The molecule has 17 heavy (non-hydrogen) atoms. The van der Waals surface area contributed by atoms with Crippen LogP contribution in [0, 0.1) is 6.92 Å². The molecule has 1 fully saturated rings. The van der Waals surface area contributed by atoms with E-state index < -0.39 is 0 Å². The van der Waals surface area contributed by atoms with E-state index in [1.165, 1.54) is 37.2 Å². The highest BCUT2D eigenvalue weighted by Gasteiger charge is 2.15. The van der Waals surface area contributed by atoms with Crippen molar-refractivity contribution in [3.8, 4) is 0 Å². The van der Waals surface area contributed by atoms with Gasteiger partial charge in [0, 0.05) is 11.7 Å². The lowest BCUT2D eigenvalue weighted by atomic mass is 10.1. The summed E-state index contributed by atoms with van der Waals surface area (Å²) in [4.78, 5) is 2.40. The van der Waals surface area contributed by atoms with Gasteiger partial charge >= 0.3 is 0 Å². The molecule has 0 amide bonds. The second kappa shape index (κ2) is 7.33. The number of nitrogens with one attached hydrogen (secondary N) is 1. The predicted molar refractivity (Wildman–Crippen MR) is 76.7 cm³/mol. The fraction of sp³-hybridized carbons (Fsp3) is 0.600. The number of hydrogen-bond acceptors (Lipinski definition) is 2. The third kappa shape index (κ3) is 4.78. The van der Waals surface area contributed by atoms with Gasteiger partial charge in [0.05, 0.1) is 0 Å². The van der Waals surface area contributed by atoms with Crippen molar-refractivity contribution in [1.29, 1.82) is 0 Å². The molecule has 0 bridgehead atoms. The highest BCUT2D eigenvalue weighted by atomic mass is 15.1. The maximum Gasteiger partial charge on any atom is 0.0342 e. The van der Waals surface area contributed by atoms with Crippen LogP contribution in [0.25, 0.3) is 0 Å². The lowest BCUT2D eigenvalue weighted by Gasteiger charge is -2.30. The van der Waals surface area contributed by atoms with Gasteiger partial charge in [0.1, 0.15) is 0 Å². The van der Waals surface area contributed by atoms with E-state index in [9.17, 15) is 0 Å². The molecule has 96 valence electrons. The molecular weight excluding hydrogens is 208 g/mol. The molecule has 0 spiro atoms. The van der Waals surface area contributed by atoms with Gasteiger partial charge < -0.3 is 10.2 Å². The molecule has 1 aliphatic heterocycles. The second-order valence-electron chi connectivity index (χ2n) is 4.59. The van der Waals surface area contributed by atoms with E-state index in [1.54, 1.807) is 0 Å². The zero-order chi connectivity index (χ0) is 12.7. The van der Waals surface area contributed by atoms with Gasteiger partial charge in [-0.3, -0.25) is 0 Å². The van der Waals surface area contributed by atoms with Crippen molar-refractivity contribution in [2.45, 2.75) is 39.7 Å². The molecule has 2 heteroatoms. The van der Waals surface area contributed by atoms with Crippen molar-refractivity contribution in [2.24, 2.45) is 0 Å². The van der Waals surface area contributed by atoms with Crippen molar-refractivity contribution in [2.75, 3.05) is 25.5 Å². The molecule has 2 rings (SSSR count). The summed E-state index contributed by atoms with van der Waals surface area (Å²) in [6.07, 6.45) is 2.51. The number of nitrogens with zero attached hydrogens (tertiary/aromatic N) is 1. The monoisotopic (exact) mass is 234 g/mol. The van der Waals surface area contributed by atoms with Crippen LogP contribution in [-0.2, 0) is 0 Å². The van der Waals surface area contributed by atoms with Crippen LogP contribution in [0.5, 0.6) is 0 Å². The number of hydrogen-bond donors (Lipinski definition) is 1. The molecule has 0 unspecified atom stereocenters. The molecular formula is C15H26N2. The molecule has 0 aliphatic carbocycles. The van der Waals surface area contributed by atoms with Gasteiger partial charge in [-0.1, -0.05) is 31.5 Å². The first-order chi connectivity index (χ1) is 8.24. The van der Waals surface area contributed by atoms with E-state index in [0.29, 0.717) is 6.04 Å². The minimum absolute atomic E-state index is 0.656. The summed E-state index contributed by atoms with van der Waals surface area (Å²) in [5.41, 5.74) is 2.58. The first kappa shape index (κ1) is 14.0. The van der Waals surface area contributed by atoms with Crippen LogP contribution in [0.1, 0.15) is 32.3 Å². The lowest BCUT2D eigenvalue weighted by Crippen LogP contribution is -2.36. The molecule has 0 saturated carbocycles. The molecule has 2 nitrogen and oxygen atoms in total. The van der Waals surface area contributed by atoms with Crippen LogP contribution in [-0.4, -0.2) is 31.1 Å². The second-order valence-corrected chi connectivity index (χ2v) is 4.59. The Morgan fingerprint density at radius 2 is 1.59 bits per heavy atom. The smallest absolute Gasteiger partial charge is 0.0342 e. The molecule has 1 heterocycles. The Morgan fingerprint density at radius 1 is 1.06 bits per heavy atom. The van der Waals surface area contributed by atoms with E-state index in [-0.39, 0.29) is 0 Å². The Morgan fingerprint density at radius 3 is 2.12 bits per heavy atom. The zero-order valence-electron chi connectivity index (χ0n) is 11.7. The topological polar surface area (TPSA) is 15.3 Å². The highest BCUT2D eigenvalue weighted by molar-refractivity contribution is 5.45. The van der Waals surface area contributed by atoms with Crippen molar-refractivity contribution >= 4 is 5.69 Å². The summed E-state index contributed by atoms with van der Waals surface area (Å²) in [5, 5.41) is 3.60. The zero-order valence-corrected chi connectivity index (χ0v) is 11.7. The molecule has 0 aromatic heterocycles. The van der Waals surface area contributed by atoms with Crippen LogP contribution in [0.15, 0.2) is 24.3 Å². The maximum absolute atomic E-state index is 3.60. The Kier molecular flexibility index (Phi) is 6.06. The van der Waals surface area contributed by atoms with Crippen LogP contribution >= 0.6 is 0 Å². The molecule has 0 radical (unpaired) electrons. The first-order valence-electron chi connectivity index (χ1n) is 6.76. The van der Waals surface area contributed by atoms with E-state index in [2.05, 4.69) is 48.5 Å². The maximum atomic E-state index is 3.60. The van der Waals surface area contributed by atoms with Gasteiger partial charge in [-0.2, -0.15) is 0 Å². The standard InChI is InChI=1S/C13H20N2.C2H6/c1-11-3-5-12(6-4-11)14-13-7-9-15(2)10-8-13;1-2/h3-6,13-14H,7-10H2,1-2H3;1-2H3. The molecule has 1 N–H and O–H groups in total. The Hall–Kier alpha value is -1.02. The van der Waals surface area contributed by atoms with E-state index in [4.69, 9.17) is 0 Å². The predicted octanol–water partition coefficient (Wildman–Crippen LogP) is 3.53. The van der Waals surface area contributed by atoms with Gasteiger partial charge in [-0.15, -0.1) is 0 Å². The number of anilines is 1. The quantitative estimate of drug-likeness (QED) is 0.842. The number of likely N-dealkylation sites (tertiary alicyclic amines) is 1. The third-order valence-electron chi connectivity index (χ3n) is 3.14. The minimum Gasteiger partial charge on any atom is -0.382 e. The van der Waals surface area contributed by atoms with Crippen molar-refractivity contribution in [3.05, 3.63) is 29.8 Å². The Bertz CT molecular complexity index is 297. The molecule has 1 aromatic rings. The van der Waals surface area contributed by atoms with E-state index >= 15 is 0 Å². The number of rotatable bonds is 2. The van der Waals surface area contributed by atoms with Crippen molar-refractivity contribution in [1.82, 2.24) is 4.90 Å². The average molecular weight is 234 g/mol. The lowest BCUT2D eigenvalue weighted by molar-refractivity contribution is 0.264. The van der Waals surface area contributed by atoms with Crippen molar-refractivity contribution < 1.29 is 0 Å². The number of piperidine rings is 1. The number of aryl methyl sites for hydroxylation is 1. The van der Waals surface area contributed by atoms with Gasteiger partial charge in [-0.05, 0) is 52.0 Å². The van der Waals surface area contributed by atoms with Gasteiger partial charge in [-0.25, -0.2) is 0 Å². The first-order valence-corrected chi connectivity index (χ1v) is 6.76. The Labute approximate surface area is 106 Å². The Balaban J connectivity index is 0.000000686. The minimum atomic E-state index is 0.656. The summed E-state index contributed by atoms with van der Waals surface area (Å²) in [5.74, 6) is 0. The van der Waals surface area contributed by atoms with Crippen LogP contribution in [0.3, 0.4) is 0 Å². The van der Waals surface area contributed by atoms with Crippen molar-refractivity contribution in [3.63, 3.8) is 0 Å².